The van der Waals surface area contributed by atoms with Crippen LogP contribution in [-0.2, 0) is 260 Å². The van der Waals surface area contributed by atoms with E-state index in [1.807, 2.05) is 0 Å². The molecule has 16 aliphatic heterocycles. The van der Waals surface area contributed by atoms with Crippen molar-refractivity contribution < 1.29 is 0 Å². The summed E-state index contributed by atoms with van der Waals surface area (Å²) in [6.45, 7) is 7.11. The fraction of sp³-hybridized carbons (Fsp3) is 1.00. The van der Waals surface area contributed by atoms with E-state index in [2.05, 4.69) is 44.6 Å². The zero-order valence-electron chi connectivity index (χ0n) is 15.4. The fourth-order valence-corrected chi connectivity index (χ4v) is 929. The second-order valence-corrected chi connectivity index (χ2v) is 190. The first kappa shape index (κ1) is 28.4. The number of hydrogen-bond donors (Lipinski definition) is 3. The predicted octanol–water partition coefficient (Wildman–Crippen LogP) is -0.0710. The van der Waals surface area contributed by atoms with E-state index in [1.165, 1.54) is 0 Å². The lowest BCUT2D eigenvalue weighted by Crippen LogP contribution is -2.28. The minimum atomic E-state index is -2.12. The molecule has 0 aromatic rings. The molecule has 8 bridgehead atoms. The first-order valence-electron chi connectivity index (χ1n) is 8.19. The van der Waals surface area contributed by atoms with Gasteiger partial charge in [-0.25, -0.2) is 0 Å². The topological polar surface area (TPSA) is 0 Å². The first-order valence-corrected chi connectivity index (χ1v) is 71.2. The molecule has 0 saturated heterocycles. The predicted molar refractivity (Wildman–Crippen MR) is 268 cm³/mol. The zero-order chi connectivity index (χ0) is 25.0. The summed E-state index contributed by atoms with van der Waals surface area (Å²) in [7, 11) is 8.07. The molecule has 0 aliphatic carbocycles. The second-order valence-electron chi connectivity index (χ2n) is 7.39. The molecule has 36 heavy (non-hydrogen) atoms. The van der Waals surface area contributed by atoms with Gasteiger partial charge in [-0.1, -0.05) is 38.9 Å². The summed E-state index contributed by atoms with van der Waals surface area (Å²) >= 11 is 58.2. The van der Waals surface area contributed by atoms with E-state index in [0.717, 1.165) is 46.0 Å². The van der Waals surface area contributed by atoms with E-state index in [1.54, 1.807) is 0 Å². The first-order chi connectivity index (χ1) is 16.5. The van der Waals surface area contributed by atoms with E-state index < -0.39 is 21.8 Å². The zero-order valence-corrected chi connectivity index (χ0v) is 44.2. The van der Waals surface area contributed by atoms with Crippen LogP contribution in [0.2, 0.25) is 0 Å². The second kappa shape index (κ2) is 6.82. The smallest absolute Gasteiger partial charge is 0.0425 e. The van der Waals surface area contributed by atoms with Gasteiger partial charge < -0.3 is 0 Å². The number of thiol groups is 3. The Labute approximate surface area is 268 Å². The summed E-state index contributed by atoms with van der Waals surface area (Å²) in [4.78, 5) is 0. The van der Waals surface area contributed by atoms with Crippen LogP contribution in [0.5, 0.6) is 0 Å². The SMILES string of the molecule is CS(=S)(=S)S(=S)S12=S3=S=S1(S14=S5=S=S1(S16=S7=S=S1(S18=S9=S=1=[SH]8=[SH]=9S(=S)(=S)S(=S)(=S)S(=S)(=S)S)=S=7=6)=S=5=4)=S=3=2. The van der Waals surface area contributed by atoms with Gasteiger partial charge in [-0.15, -0.1) is 0 Å². The highest BCUT2D eigenvalue weighted by Gasteiger charge is 2.73. The monoisotopic (exact) mass is 1140 g/mol. The molecule has 16 rings (SSSR count). The highest BCUT2D eigenvalue weighted by Crippen LogP contribution is 2.72. The Morgan fingerprint density at radius 1 is 0.778 bits per heavy atom. The van der Waals surface area contributed by atoms with Crippen LogP contribution < -0.4 is 0 Å². The van der Waals surface area contributed by atoms with Gasteiger partial charge >= 0.3 is 0 Å². The van der Waals surface area contributed by atoms with E-state index >= 15 is 0 Å². The quantitative estimate of drug-likeness (QED) is 0.224. The van der Waals surface area contributed by atoms with E-state index in [9.17, 15) is 0 Å². The number of rotatable bonds is 8. The van der Waals surface area contributed by atoms with Gasteiger partial charge in [0.25, 0.3) is 0 Å². The Morgan fingerprint density at radius 2 is 1.31 bits per heavy atom. The van der Waals surface area contributed by atoms with Gasteiger partial charge in [0, 0.05) is 65.9 Å². The Kier molecular flexibility index (Phi) is 5.38. The summed E-state index contributed by atoms with van der Waals surface area (Å²) < 4.78 is 0. The Hall–Kier alpha value is 9.65. The summed E-state index contributed by atoms with van der Waals surface area (Å²) in [5, 5.41) is -7.28. The van der Waals surface area contributed by atoms with Crippen LogP contribution in [0.25, 0.3) is 0 Å². The van der Waals surface area contributed by atoms with E-state index in [0.29, 0.717) is 6.57 Å². The molecule has 10 unspecified atom stereocenters. The van der Waals surface area contributed by atoms with Crippen molar-refractivity contribution in [3.8, 4) is 0 Å². The van der Waals surface area contributed by atoms with Crippen LogP contribution >= 0.6 is 11.7 Å². The van der Waals surface area contributed by atoms with Crippen molar-refractivity contribution in [3.63, 3.8) is 0 Å². The van der Waals surface area contributed by atoms with Gasteiger partial charge in [0.1, 0.15) is 0 Å². The Morgan fingerprint density at radius 3 is 1.75 bits per heavy atom. The minimum absolute atomic E-state index is 0.0660. The van der Waals surface area contributed by atoms with Crippen molar-refractivity contribution in [1.82, 2.24) is 0 Å². The van der Waals surface area contributed by atoms with Gasteiger partial charge in [0.2, 0.25) is 0 Å². The molecule has 35 heteroatoms. The van der Waals surface area contributed by atoms with Gasteiger partial charge in [-0.2, -0.15) is 0 Å². The summed E-state index contributed by atoms with van der Waals surface area (Å²) in [6, 6.07) is 0. The lowest BCUT2D eigenvalue weighted by atomic mass is 12.0. The van der Waals surface area contributed by atoms with Crippen LogP contribution in [0, 0.1) is 0 Å². The summed E-state index contributed by atoms with van der Waals surface area (Å²) in [6.07, 6.45) is 0.856. The average molecular weight is 1140 g/mol. The average Bonchev–Trinajstić information content (AvgIpc) is 3.34. The lowest BCUT2D eigenvalue weighted by Gasteiger charge is -2.26. The maximum atomic E-state index is 6.28. The van der Waals surface area contributed by atoms with E-state index in [-0.39, 0.29) is 58.1 Å². The molecule has 0 radical (unpaired) electrons. The molecular weight excluding hydrogens is 1130 g/mol. The van der Waals surface area contributed by atoms with Crippen LogP contribution in [0.1, 0.15) is 0 Å². The molecule has 0 spiro atoms. The van der Waals surface area contributed by atoms with E-state index in [4.69, 9.17) is 101 Å². The Balaban J connectivity index is 1.04. The number of hydrogen-bond acceptors (Lipinski definition) is 9. The molecule has 0 saturated carbocycles. The van der Waals surface area contributed by atoms with Crippen LogP contribution in [0.4, 0.5) is 0 Å². The van der Waals surface area contributed by atoms with Crippen molar-refractivity contribution in [1.29, 1.82) is 0 Å². The lowest BCUT2D eigenvalue weighted by molar-refractivity contribution is 2.53. The highest BCUT2D eigenvalue weighted by atomic mass is 34.8. The van der Waals surface area contributed by atoms with Crippen LogP contribution in [0.3, 0.4) is 0 Å². The van der Waals surface area contributed by atoms with Crippen molar-refractivity contribution in [2.75, 3.05) is 6.26 Å². The molecule has 0 fully saturated rings. The molecular formula is CH6S35. The normalized spacial score (nSPS) is 60.2. The molecule has 0 aromatic carbocycles. The van der Waals surface area contributed by atoms with Crippen LogP contribution in [-0.4, -0.2) is 6.26 Å². The van der Waals surface area contributed by atoms with Gasteiger partial charge in [0.15, 0.2) is 0 Å². The molecule has 16 aliphatic rings. The standard InChI is InChI=1S/CH6S35/c1-26(3,4)15(2)33-16-12-30(33,23(16)33)36-18-14-32(36,25(18)36)35-17-13-31(35,24(17)35)34-20-19(21(34)22(20)34)28(8,9)29(10,11)27(5,6)7/h19-20H,1H3,(H,5,6,7). The highest BCUT2D eigenvalue weighted by molar-refractivity contribution is 10.1. The van der Waals surface area contributed by atoms with Crippen molar-refractivity contribution in [3.05, 3.63) is 0 Å². The molecule has 0 N–H and O–H groups in total. The van der Waals surface area contributed by atoms with Crippen molar-refractivity contribution in [2.24, 2.45) is 0 Å². The molecule has 0 amide bonds. The van der Waals surface area contributed by atoms with Crippen molar-refractivity contribution in [2.45, 2.75) is 0 Å². The molecule has 0 aromatic heterocycles. The van der Waals surface area contributed by atoms with Gasteiger partial charge in [-0.3, -0.25) is 0 Å². The summed E-state index contributed by atoms with van der Waals surface area (Å²) in [5.41, 5.74) is 0. The molecule has 16 heterocycles. The maximum absolute atomic E-state index is 6.28. The third-order valence-electron chi connectivity index (χ3n) is 5.81. The van der Waals surface area contributed by atoms with Crippen molar-refractivity contribution >= 4 is 271 Å². The largest absolute Gasteiger partial charge is 0.0917 e. The van der Waals surface area contributed by atoms with Crippen LogP contribution in [0.15, 0.2) is 0 Å². The third kappa shape index (κ3) is 2.01. The molecule has 10 atom stereocenters. The minimum Gasteiger partial charge on any atom is -0.0917 e. The summed E-state index contributed by atoms with van der Waals surface area (Å²) in [5.74, 6) is 0. The Bertz CT molecular complexity index is 4580. The molecule has 220 valence electrons. The maximum Gasteiger partial charge on any atom is 0.0425 e. The van der Waals surface area contributed by atoms with Gasteiger partial charge in [-0.05, 0) is 173 Å². The molecule has 0 nitrogen and oxygen atoms in total. The van der Waals surface area contributed by atoms with Gasteiger partial charge in [0.05, 0.1) is 0 Å². The third-order valence-corrected chi connectivity index (χ3v) is 434. The fourth-order valence-electron chi connectivity index (χ4n) is 4.11.